The Hall–Kier alpha value is -6.84. The maximum absolute atomic E-state index is 2.81. The monoisotopic (exact) mass is 989 g/mol. The maximum atomic E-state index is 2.81. The lowest BCUT2D eigenvalue weighted by Crippen LogP contribution is -2.61. The third-order valence-corrected chi connectivity index (χ3v) is 19.7. The number of hydrogen-bond donors (Lipinski definition) is 0. The number of aromatic nitrogens is 2. The van der Waals surface area contributed by atoms with Crippen LogP contribution in [0, 0.1) is 0 Å². The van der Waals surface area contributed by atoms with Crippen molar-refractivity contribution in [2.24, 2.45) is 0 Å². The molecule has 4 aliphatic rings. The fraction of sp³-hybridized carbons (Fsp3) is 0.315. The zero-order valence-corrected chi connectivity index (χ0v) is 47.7. The van der Waals surface area contributed by atoms with Gasteiger partial charge in [-0.3, -0.25) is 0 Å². The van der Waals surface area contributed by atoms with E-state index in [9.17, 15) is 0 Å². The van der Waals surface area contributed by atoms with Gasteiger partial charge in [0.2, 0.25) is 0 Å². The molecule has 3 aliphatic heterocycles. The lowest BCUT2D eigenvalue weighted by molar-refractivity contribution is 0.505. The highest BCUT2D eigenvalue weighted by Crippen LogP contribution is 2.62. The van der Waals surface area contributed by atoms with E-state index < -0.39 is 5.41 Å². The highest BCUT2D eigenvalue weighted by Gasteiger charge is 2.55. The van der Waals surface area contributed by atoms with Crippen LogP contribution in [0.25, 0.3) is 77.6 Å². The second-order valence-electron chi connectivity index (χ2n) is 27.8. The van der Waals surface area contributed by atoms with Crippen LogP contribution in [0.15, 0.2) is 146 Å². The summed E-state index contributed by atoms with van der Waals surface area (Å²) in [7, 11) is 0. The molecule has 0 fully saturated rings. The van der Waals surface area contributed by atoms with Crippen LogP contribution < -0.4 is 16.4 Å². The van der Waals surface area contributed by atoms with Crippen molar-refractivity contribution in [2.45, 2.75) is 149 Å². The van der Waals surface area contributed by atoms with Gasteiger partial charge in [0, 0.05) is 44.1 Å². The Labute approximate surface area is 452 Å². The molecule has 1 aliphatic carbocycles. The summed E-state index contributed by atoms with van der Waals surface area (Å²) in [6.45, 7) is 35.8. The van der Waals surface area contributed by atoms with Crippen LogP contribution in [0.3, 0.4) is 0 Å². The van der Waals surface area contributed by atoms with Crippen LogP contribution in [0.4, 0.5) is 0 Å². The van der Waals surface area contributed by atoms with E-state index in [1.807, 2.05) is 0 Å². The first-order valence-electron chi connectivity index (χ1n) is 28.5. The van der Waals surface area contributed by atoms with Crippen molar-refractivity contribution in [1.82, 2.24) is 9.13 Å². The van der Waals surface area contributed by atoms with Crippen molar-refractivity contribution in [3.05, 3.63) is 196 Å². The van der Waals surface area contributed by atoms with Gasteiger partial charge in [-0.15, -0.1) is 0 Å². The summed E-state index contributed by atoms with van der Waals surface area (Å²) >= 11 is 0. The predicted molar refractivity (Wildman–Crippen MR) is 327 cm³/mol. The van der Waals surface area contributed by atoms with Gasteiger partial charge in [-0.1, -0.05) is 225 Å². The average Bonchev–Trinajstić information content (AvgIpc) is 4.11. The Morgan fingerprint density at radius 1 is 0.408 bits per heavy atom. The molecular weight excluding hydrogens is 916 g/mol. The van der Waals surface area contributed by atoms with Crippen molar-refractivity contribution in [3.8, 4) is 44.9 Å². The van der Waals surface area contributed by atoms with Gasteiger partial charge in [0.15, 0.2) is 0 Å². The summed E-state index contributed by atoms with van der Waals surface area (Å²) in [4.78, 5) is 0. The van der Waals surface area contributed by atoms with E-state index in [0.29, 0.717) is 0 Å². The molecule has 14 rings (SSSR count). The number of nitrogens with zero attached hydrogens (tertiary/aromatic N) is 2. The molecule has 378 valence electrons. The van der Waals surface area contributed by atoms with E-state index in [0.717, 1.165) is 12.8 Å². The molecule has 0 unspecified atom stereocenters. The topological polar surface area (TPSA) is 9.86 Å². The van der Waals surface area contributed by atoms with Crippen molar-refractivity contribution in [1.29, 1.82) is 0 Å². The van der Waals surface area contributed by atoms with Gasteiger partial charge in [-0.05, 0) is 153 Å². The fourth-order valence-electron chi connectivity index (χ4n) is 14.5. The Bertz CT molecular complexity index is 4120. The van der Waals surface area contributed by atoms with Gasteiger partial charge >= 0.3 is 0 Å². The molecule has 2 aromatic heterocycles. The van der Waals surface area contributed by atoms with Crippen LogP contribution in [0.2, 0.25) is 0 Å². The Morgan fingerprint density at radius 3 is 1.42 bits per heavy atom. The molecule has 0 bridgehead atoms. The molecule has 2 nitrogen and oxygen atoms in total. The second-order valence-corrected chi connectivity index (χ2v) is 27.8. The lowest BCUT2D eigenvalue weighted by atomic mass is 9.33. The predicted octanol–water partition coefficient (Wildman–Crippen LogP) is 17.1. The van der Waals surface area contributed by atoms with E-state index in [1.54, 1.807) is 0 Å². The van der Waals surface area contributed by atoms with Crippen LogP contribution in [0.5, 0.6) is 0 Å². The summed E-state index contributed by atoms with van der Waals surface area (Å²) in [6.07, 6.45) is 2.09. The van der Waals surface area contributed by atoms with Crippen molar-refractivity contribution < 1.29 is 0 Å². The molecule has 5 heterocycles. The third-order valence-electron chi connectivity index (χ3n) is 19.7. The van der Waals surface area contributed by atoms with Gasteiger partial charge in [0.1, 0.15) is 0 Å². The molecule has 10 aromatic rings. The molecule has 0 amide bonds. The van der Waals surface area contributed by atoms with Gasteiger partial charge < -0.3 is 9.13 Å². The zero-order valence-electron chi connectivity index (χ0n) is 47.7. The van der Waals surface area contributed by atoms with E-state index in [4.69, 9.17) is 0 Å². The fourth-order valence-corrected chi connectivity index (χ4v) is 14.5. The molecule has 0 saturated carbocycles. The summed E-state index contributed by atoms with van der Waals surface area (Å²) in [5.74, 6) is 0. The molecule has 0 N–H and O–H groups in total. The highest BCUT2D eigenvalue weighted by atomic mass is 15.1. The van der Waals surface area contributed by atoms with Crippen molar-refractivity contribution >= 4 is 55.8 Å². The molecule has 1 spiro atoms. The summed E-state index contributed by atoms with van der Waals surface area (Å²) in [5, 5.41) is 4.11. The normalized spacial score (nSPS) is 15.0. The van der Waals surface area contributed by atoms with Gasteiger partial charge in [0.25, 0.3) is 6.71 Å². The standard InChI is InChI=1S/C73H73BN2/c1-16-71(12,13)47-37-51-52-38-48(72(14,15)17-2)41-59-65(52)76-64(51)57(39-47)73(54-24-20-18-22-49(54)50-23-19-21-25-55(50)73)56-34-35-60-62(67(56)76)74(59)58-40-46(70(9,10)11)36-53-61(42-26-30-44(31-27-42)68(3,4)5)63(75(60)66(53)58)43-28-32-45(33-29-43)69(6,7)8/h18-41H,16-17H2,1-15H3. The average molecular weight is 989 g/mol. The molecule has 8 aromatic carbocycles. The van der Waals surface area contributed by atoms with Crippen molar-refractivity contribution in [3.63, 3.8) is 0 Å². The number of hydrogen-bond acceptors (Lipinski definition) is 0. The van der Waals surface area contributed by atoms with E-state index >= 15 is 0 Å². The second kappa shape index (κ2) is 15.2. The summed E-state index contributed by atoms with van der Waals surface area (Å²) in [5.41, 5.74) is 30.6. The number of fused-ring (bicyclic) bond motifs is 11. The molecule has 0 saturated heterocycles. The van der Waals surface area contributed by atoms with Gasteiger partial charge in [-0.2, -0.15) is 0 Å². The third kappa shape index (κ3) is 6.07. The van der Waals surface area contributed by atoms with Gasteiger partial charge in [0.05, 0.1) is 16.6 Å². The minimum absolute atomic E-state index is 0.0201. The highest BCUT2D eigenvalue weighted by molar-refractivity contribution is 7.00. The van der Waals surface area contributed by atoms with Crippen LogP contribution >= 0.6 is 0 Å². The molecular formula is C73H73BN2. The molecule has 76 heavy (non-hydrogen) atoms. The first-order chi connectivity index (χ1) is 36.0. The Balaban J connectivity index is 1.23. The van der Waals surface area contributed by atoms with Crippen LogP contribution in [-0.4, -0.2) is 15.8 Å². The van der Waals surface area contributed by atoms with Crippen LogP contribution in [0.1, 0.15) is 167 Å². The van der Waals surface area contributed by atoms with E-state index in [1.165, 1.54) is 144 Å². The lowest BCUT2D eigenvalue weighted by Gasteiger charge is -2.44. The van der Waals surface area contributed by atoms with Crippen LogP contribution in [-0.2, 0) is 32.5 Å². The summed E-state index contributed by atoms with van der Waals surface area (Å²) in [6, 6.07) is 59.0. The summed E-state index contributed by atoms with van der Waals surface area (Å²) < 4.78 is 5.56. The minimum Gasteiger partial charge on any atom is -0.310 e. The maximum Gasteiger partial charge on any atom is 0.252 e. The van der Waals surface area contributed by atoms with Crippen molar-refractivity contribution in [2.75, 3.05) is 0 Å². The minimum atomic E-state index is -0.557. The van der Waals surface area contributed by atoms with E-state index in [2.05, 4.69) is 259 Å². The largest absolute Gasteiger partial charge is 0.310 e. The SMILES string of the molecule is CCC(C)(C)c1cc2c3c(c1)c1cc(C(C)(C)CC)cc4c1n3-c1c(ccc3c1B2c1cc(C(C)(C)C)cc2c(-c5ccc(C(C)(C)C)cc5)c(-c5ccc(C(C)(C)C)cc5)n-3c12)C41c2ccccc2-c2ccccc21. The smallest absolute Gasteiger partial charge is 0.252 e. The number of benzene rings is 8. The first-order valence-corrected chi connectivity index (χ1v) is 28.5. The zero-order chi connectivity index (χ0) is 53.1. The molecule has 0 radical (unpaired) electrons. The quantitative estimate of drug-likeness (QED) is 0.147. The van der Waals surface area contributed by atoms with Gasteiger partial charge in [-0.25, -0.2) is 0 Å². The Morgan fingerprint density at radius 2 is 0.882 bits per heavy atom. The molecule has 3 heteroatoms. The molecule has 0 atom stereocenters. The van der Waals surface area contributed by atoms with E-state index in [-0.39, 0.29) is 33.8 Å². The Kier molecular flexibility index (Phi) is 9.53. The first kappa shape index (κ1) is 47.6. The number of rotatable bonds is 6.